The lowest BCUT2D eigenvalue weighted by molar-refractivity contribution is -0.140. The summed E-state index contributed by atoms with van der Waals surface area (Å²) in [7, 11) is 0. The first-order valence-corrected chi connectivity index (χ1v) is 8.72. The van der Waals surface area contributed by atoms with E-state index in [0.29, 0.717) is 22.7 Å². The maximum absolute atomic E-state index is 12.7. The summed E-state index contributed by atoms with van der Waals surface area (Å²) in [6, 6.07) is 9.36. The Balaban J connectivity index is 2.17. The Bertz CT molecular complexity index is 860. The first kappa shape index (κ1) is 18.1. The Morgan fingerprint density at radius 1 is 1.23 bits per heavy atom. The van der Waals surface area contributed by atoms with Crippen LogP contribution in [0.4, 0.5) is 0 Å². The Kier molecular flexibility index (Phi) is 5.09. The molecule has 0 spiro atoms. The van der Waals surface area contributed by atoms with Gasteiger partial charge in [-0.3, -0.25) is 14.6 Å². The monoisotopic (exact) mass is 370 g/mol. The van der Waals surface area contributed by atoms with E-state index < -0.39 is 17.7 Å². The summed E-state index contributed by atoms with van der Waals surface area (Å²) in [6.07, 6.45) is 3.23. The van der Waals surface area contributed by atoms with Gasteiger partial charge in [-0.25, -0.2) is 0 Å². The maximum atomic E-state index is 12.7. The van der Waals surface area contributed by atoms with Crippen LogP contribution < -0.4 is 0 Å². The maximum Gasteiger partial charge on any atom is 0.295 e. The van der Waals surface area contributed by atoms with Gasteiger partial charge in [0.15, 0.2) is 0 Å². The zero-order valence-electron chi connectivity index (χ0n) is 14.5. The molecule has 6 heteroatoms. The number of aromatic nitrogens is 1. The second-order valence-electron chi connectivity index (χ2n) is 6.64. The molecule has 1 aromatic carbocycles. The molecule has 1 amide bonds. The molecule has 1 atom stereocenters. The van der Waals surface area contributed by atoms with E-state index in [0.717, 1.165) is 0 Å². The third-order valence-corrected chi connectivity index (χ3v) is 4.47. The number of carbonyl (C=O) groups excluding carboxylic acids is 2. The number of Topliss-reactive ketones (excluding diaryl/α,β-unsaturated/α-hetero) is 1. The molecule has 1 aliphatic rings. The van der Waals surface area contributed by atoms with E-state index >= 15 is 0 Å². The van der Waals surface area contributed by atoms with E-state index in [4.69, 9.17) is 11.6 Å². The number of rotatable bonds is 4. The predicted molar refractivity (Wildman–Crippen MR) is 99.5 cm³/mol. The van der Waals surface area contributed by atoms with Crippen LogP contribution >= 0.6 is 11.6 Å². The van der Waals surface area contributed by atoms with Crippen LogP contribution in [0.25, 0.3) is 5.76 Å². The number of hydrogen-bond donors (Lipinski definition) is 1. The number of pyridine rings is 1. The zero-order chi connectivity index (χ0) is 18.8. The van der Waals surface area contributed by atoms with E-state index in [9.17, 15) is 14.7 Å². The van der Waals surface area contributed by atoms with Crippen LogP contribution in [0.5, 0.6) is 0 Å². The normalized spacial score (nSPS) is 19.4. The molecule has 5 nitrogen and oxygen atoms in total. The number of nitrogens with zero attached hydrogens (tertiary/aromatic N) is 2. The second-order valence-corrected chi connectivity index (χ2v) is 7.07. The third kappa shape index (κ3) is 3.35. The van der Waals surface area contributed by atoms with Crippen LogP contribution in [0, 0.1) is 5.92 Å². The summed E-state index contributed by atoms with van der Waals surface area (Å²) in [6.45, 7) is 4.35. The highest BCUT2D eigenvalue weighted by Gasteiger charge is 2.46. The molecule has 2 heterocycles. The number of aliphatic hydroxyl groups is 1. The summed E-state index contributed by atoms with van der Waals surface area (Å²) in [4.78, 5) is 30.9. The highest BCUT2D eigenvalue weighted by Crippen LogP contribution is 2.39. The zero-order valence-corrected chi connectivity index (χ0v) is 15.3. The van der Waals surface area contributed by atoms with Crippen molar-refractivity contribution in [1.82, 2.24) is 9.88 Å². The molecule has 1 aromatic heterocycles. The van der Waals surface area contributed by atoms with Crippen LogP contribution in [-0.4, -0.2) is 33.2 Å². The van der Waals surface area contributed by atoms with E-state index in [-0.39, 0.29) is 17.3 Å². The summed E-state index contributed by atoms with van der Waals surface area (Å²) in [5, 5.41) is 11.3. The molecule has 0 saturated carbocycles. The highest BCUT2D eigenvalue weighted by atomic mass is 35.5. The average Bonchev–Trinajstić information content (AvgIpc) is 2.87. The lowest BCUT2D eigenvalue weighted by Crippen LogP contribution is -2.33. The molecule has 26 heavy (non-hydrogen) atoms. The van der Waals surface area contributed by atoms with Crippen molar-refractivity contribution in [3.8, 4) is 0 Å². The first-order chi connectivity index (χ1) is 12.4. The number of benzene rings is 1. The molecule has 1 aliphatic heterocycles. The van der Waals surface area contributed by atoms with E-state index in [2.05, 4.69) is 4.98 Å². The van der Waals surface area contributed by atoms with Crippen LogP contribution in [-0.2, 0) is 9.59 Å². The fraction of sp³-hybridized carbons (Fsp3) is 0.250. The van der Waals surface area contributed by atoms with Gasteiger partial charge in [-0.2, -0.15) is 0 Å². The van der Waals surface area contributed by atoms with Gasteiger partial charge in [-0.1, -0.05) is 31.5 Å². The van der Waals surface area contributed by atoms with E-state index in [1.807, 2.05) is 13.8 Å². The smallest absolute Gasteiger partial charge is 0.295 e. The third-order valence-electron chi connectivity index (χ3n) is 4.22. The van der Waals surface area contributed by atoms with Gasteiger partial charge in [-0.05, 0) is 41.8 Å². The van der Waals surface area contributed by atoms with Gasteiger partial charge in [0.25, 0.3) is 11.7 Å². The number of aliphatic hydroxyl groups excluding tert-OH is 1. The largest absolute Gasteiger partial charge is 0.507 e. The molecule has 1 fully saturated rings. The molecule has 0 radical (unpaired) electrons. The molecule has 3 rings (SSSR count). The van der Waals surface area contributed by atoms with Gasteiger partial charge < -0.3 is 10.0 Å². The summed E-state index contributed by atoms with van der Waals surface area (Å²) in [5.74, 6) is -1.34. The topological polar surface area (TPSA) is 70.5 Å². The van der Waals surface area contributed by atoms with Crippen molar-refractivity contribution in [2.45, 2.75) is 19.9 Å². The predicted octanol–water partition coefficient (Wildman–Crippen LogP) is 3.81. The first-order valence-electron chi connectivity index (χ1n) is 8.34. The molecule has 1 unspecified atom stereocenters. The number of ketones is 1. The van der Waals surface area contributed by atoms with Crippen molar-refractivity contribution in [2.24, 2.45) is 5.92 Å². The number of carbonyl (C=O) groups is 2. The molecule has 2 aromatic rings. The van der Waals surface area contributed by atoms with Gasteiger partial charge in [0.1, 0.15) is 5.76 Å². The molecule has 1 N–H and O–H groups in total. The van der Waals surface area contributed by atoms with Crippen molar-refractivity contribution in [3.05, 3.63) is 70.5 Å². The van der Waals surface area contributed by atoms with E-state index in [1.54, 1.807) is 48.8 Å². The standard InChI is InChI=1S/C20H19ClN2O3/c1-12(2)11-23-17(14-4-3-9-22-10-14)16(19(25)20(23)26)18(24)13-5-7-15(21)8-6-13/h3-10,12,17,24H,11H2,1-2H3/b18-16-. The quantitative estimate of drug-likeness (QED) is 0.504. The second kappa shape index (κ2) is 7.30. The average molecular weight is 371 g/mol. The van der Waals surface area contributed by atoms with E-state index in [1.165, 1.54) is 4.90 Å². The molecule has 1 saturated heterocycles. The van der Waals surface area contributed by atoms with Crippen molar-refractivity contribution in [1.29, 1.82) is 0 Å². The minimum absolute atomic E-state index is 0.0750. The molecule has 134 valence electrons. The van der Waals surface area contributed by atoms with Crippen LogP contribution in [0.15, 0.2) is 54.4 Å². The number of hydrogen-bond acceptors (Lipinski definition) is 4. The Morgan fingerprint density at radius 2 is 1.92 bits per heavy atom. The molecule has 0 bridgehead atoms. The van der Waals surface area contributed by atoms with Gasteiger partial charge in [0.05, 0.1) is 11.6 Å². The van der Waals surface area contributed by atoms with Crippen molar-refractivity contribution < 1.29 is 14.7 Å². The minimum atomic E-state index is -0.688. The summed E-state index contributed by atoms with van der Waals surface area (Å²) >= 11 is 5.90. The highest BCUT2D eigenvalue weighted by molar-refractivity contribution is 6.46. The molecule has 0 aliphatic carbocycles. The Morgan fingerprint density at radius 3 is 2.50 bits per heavy atom. The lowest BCUT2D eigenvalue weighted by atomic mass is 9.96. The van der Waals surface area contributed by atoms with Gasteiger partial charge in [0, 0.05) is 29.5 Å². The molecular weight excluding hydrogens is 352 g/mol. The minimum Gasteiger partial charge on any atom is -0.507 e. The Hall–Kier alpha value is -2.66. The van der Waals surface area contributed by atoms with Gasteiger partial charge >= 0.3 is 0 Å². The fourth-order valence-corrected chi connectivity index (χ4v) is 3.24. The van der Waals surface area contributed by atoms with Crippen molar-refractivity contribution >= 4 is 29.1 Å². The summed E-state index contributed by atoms with van der Waals surface area (Å²) < 4.78 is 0. The number of amides is 1. The van der Waals surface area contributed by atoms with Crippen LogP contribution in [0.3, 0.4) is 0 Å². The van der Waals surface area contributed by atoms with Gasteiger partial charge in [-0.15, -0.1) is 0 Å². The Labute approximate surface area is 156 Å². The molecular formula is C20H19ClN2O3. The van der Waals surface area contributed by atoms with Crippen molar-refractivity contribution in [2.75, 3.05) is 6.54 Å². The summed E-state index contributed by atoms with van der Waals surface area (Å²) in [5.41, 5.74) is 1.19. The number of halogens is 1. The van der Waals surface area contributed by atoms with Gasteiger partial charge in [0.2, 0.25) is 0 Å². The van der Waals surface area contributed by atoms with Crippen LogP contribution in [0.1, 0.15) is 31.0 Å². The SMILES string of the molecule is CC(C)CN1C(=O)C(=O)/C(=C(\O)c2ccc(Cl)cc2)C1c1cccnc1. The fourth-order valence-electron chi connectivity index (χ4n) is 3.11. The van der Waals surface area contributed by atoms with Crippen molar-refractivity contribution in [3.63, 3.8) is 0 Å². The number of likely N-dealkylation sites (tertiary alicyclic amines) is 1. The van der Waals surface area contributed by atoms with Crippen LogP contribution in [0.2, 0.25) is 5.02 Å². The lowest BCUT2D eigenvalue weighted by Gasteiger charge is -2.26.